The second-order valence-corrected chi connectivity index (χ2v) is 11.4. The molecular weight excluding hydrogens is 534 g/mol. The molecule has 1 heterocycles. The number of hydrogen-bond donors (Lipinski definition) is 0. The molecule has 206 valence electrons. The van der Waals surface area contributed by atoms with Gasteiger partial charge in [0.1, 0.15) is 11.2 Å². The Balaban J connectivity index is 1.22. The molecule has 0 aliphatic heterocycles. The largest absolute Gasteiger partial charge is 0.456 e. The Morgan fingerprint density at radius 3 is 1.80 bits per heavy atom. The van der Waals surface area contributed by atoms with Crippen molar-refractivity contribution >= 4 is 71.3 Å². The van der Waals surface area contributed by atoms with E-state index >= 15 is 0 Å². The smallest absolute Gasteiger partial charge is 0.136 e. The van der Waals surface area contributed by atoms with Crippen LogP contribution in [0.4, 0.5) is 17.1 Å². The first-order valence-corrected chi connectivity index (χ1v) is 15.0. The molecule has 9 rings (SSSR count). The highest BCUT2D eigenvalue weighted by atomic mass is 16.3. The fourth-order valence-electron chi connectivity index (χ4n) is 6.62. The first-order chi connectivity index (χ1) is 21.8. The molecule has 0 fully saturated rings. The van der Waals surface area contributed by atoms with Gasteiger partial charge in [-0.2, -0.15) is 0 Å². The van der Waals surface area contributed by atoms with E-state index in [4.69, 9.17) is 4.42 Å². The Labute approximate surface area is 255 Å². The lowest BCUT2D eigenvalue weighted by molar-refractivity contribution is 0.669. The molecule has 2 heteroatoms. The van der Waals surface area contributed by atoms with Crippen molar-refractivity contribution in [1.29, 1.82) is 0 Å². The molecule has 0 atom stereocenters. The minimum atomic E-state index is 0.909. The lowest BCUT2D eigenvalue weighted by Gasteiger charge is -2.26. The molecule has 0 N–H and O–H groups in total. The third-order valence-electron chi connectivity index (χ3n) is 8.80. The molecule has 9 aromatic rings. The Morgan fingerprint density at radius 2 is 0.932 bits per heavy atom. The van der Waals surface area contributed by atoms with Crippen LogP contribution in [-0.4, -0.2) is 0 Å². The topological polar surface area (TPSA) is 16.4 Å². The summed E-state index contributed by atoms with van der Waals surface area (Å²) in [6, 6.07) is 58.7. The molecule has 0 saturated carbocycles. The molecule has 0 saturated heterocycles. The quantitative estimate of drug-likeness (QED) is 0.199. The minimum Gasteiger partial charge on any atom is -0.456 e. The van der Waals surface area contributed by atoms with E-state index in [0.717, 1.165) is 44.4 Å². The molecule has 0 aliphatic rings. The maximum Gasteiger partial charge on any atom is 0.136 e. The summed E-state index contributed by atoms with van der Waals surface area (Å²) >= 11 is 0. The lowest BCUT2D eigenvalue weighted by Crippen LogP contribution is -2.10. The van der Waals surface area contributed by atoms with E-state index in [1.54, 1.807) is 0 Å². The van der Waals surface area contributed by atoms with Gasteiger partial charge >= 0.3 is 0 Å². The van der Waals surface area contributed by atoms with Crippen LogP contribution in [-0.2, 0) is 0 Å². The zero-order valence-corrected chi connectivity index (χ0v) is 23.9. The molecular formula is C42H27NO. The molecule has 8 aromatic carbocycles. The Hall–Kier alpha value is -5.86. The fourth-order valence-corrected chi connectivity index (χ4v) is 6.62. The van der Waals surface area contributed by atoms with Crippen LogP contribution in [0.15, 0.2) is 168 Å². The van der Waals surface area contributed by atoms with E-state index in [-0.39, 0.29) is 0 Å². The molecule has 1 aromatic heterocycles. The van der Waals surface area contributed by atoms with Gasteiger partial charge in [0, 0.05) is 27.8 Å². The monoisotopic (exact) mass is 561 g/mol. The minimum absolute atomic E-state index is 0.909. The van der Waals surface area contributed by atoms with Crippen LogP contribution in [0.3, 0.4) is 0 Å². The standard InChI is InChI=1S/C42H27NO/c1-2-8-28(9-3-1)29-16-19-34(20-17-29)43(36-22-23-38-32(24-36)15-14-30-10-4-5-11-37(30)38)35-21-18-31-26-40-39-12-6-7-13-41(39)44-42(40)27-33(31)25-35/h1-27H. The highest BCUT2D eigenvalue weighted by molar-refractivity contribution is 6.11. The number of anilines is 3. The van der Waals surface area contributed by atoms with Crippen LogP contribution in [0.25, 0.3) is 65.4 Å². The van der Waals surface area contributed by atoms with E-state index < -0.39 is 0 Å². The van der Waals surface area contributed by atoms with Crippen molar-refractivity contribution in [2.45, 2.75) is 0 Å². The molecule has 0 unspecified atom stereocenters. The van der Waals surface area contributed by atoms with E-state index in [1.165, 1.54) is 38.1 Å². The lowest BCUT2D eigenvalue weighted by atomic mass is 10.0. The molecule has 0 radical (unpaired) electrons. The van der Waals surface area contributed by atoms with Gasteiger partial charge in [0.25, 0.3) is 0 Å². The van der Waals surface area contributed by atoms with E-state index in [0.29, 0.717) is 0 Å². The van der Waals surface area contributed by atoms with Gasteiger partial charge in [-0.3, -0.25) is 0 Å². The first kappa shape index (κ1) is 24.7. The van der Waals surface area contributed by atoms with Crippen molar-refractivity contribution in [3.05, 3.63) is 164 Å². The maximum atomic E-state index is 6.26. The van der Waals surface area contributed by atoms with Crippen molar-refractivity contribution in [1.82, 2.24) is 0 Å². The number of hydrogen-bond acceptors (Lipinski definition) is 2. The van der Waals surface area contributed by atoms with Crippen molar-refractivity contribution in [3.63, 3.8) is 0 Å². The Morgan fingerprint density at radius 1 is 0.318 bits per heavy atom. The Bertz CT molecular complexity index is 2490. The molecule has 0 bridgehead atoms. The first-order valence-electron chi connectivity index (χ1n) is 15.0. The van der Waals surface area contributed by atoms with Gasteiger partial charge in [-0.1, -0.05) is 109 Å². The van der Waals surface area contributed by atoms with Gasteiger partial charge in [-0.05, 0) is 98.0 Å². The van der Waals surface area contributed by atoms with Crippen LogP contribution < -0.4 is 4.90 Å². The molecule has 0 spiro atoms. The molecule has 0 aliphatic carbocycles. The van der Waals surface area contributed by atoms with Gasteiger partial charge in [0.15, 0.2) is 0 Å². The summed E-state index contributed by atoms with van der Waals surface area (Å²) in [5.74, 6) is 0. The number of benzene rings is 8. The molecule has 2 nitrogen and oxygen atoms in total. The van der Waals surface area contributed by atoms with Crippen molar-refractivity contribution in [2.24, 2.45) is 0 Å². The van der Waals surface area contributed by atoms with Crippen molar-refractivity contribution in [3.8, 4) is 11.1 Å². The fraction of sp³-hybridized carbons (Fsp3) is 0. The number of nitrogens with zero attached hydrogens (tertiary/aromatic N) is 1. The molecule has 44 heavy (non-hydrogen) atoms. The Kier molecular flexibility index (Phi) is 5.54. The van der Waals surface area contributed by atoms with Crippen LogP contribution in [0, 0.1) is 0 Å². The molecule has 0 amide bonds. The number of furan rings is 1. The average molecular weight is 562 g/mol. The normalized spacial score (nSPS) is 11.6. The summed E-state index contributed by atoms with van der Waals surface area (Å²) in [7, 11) is 0. The summed E-state index contributed by atoms with van der Waals surface area (Å²) in [4.78, 5) is 2.35. The van der Waals surface area contributed by atoms with Crippen molar-refractivity contribution < 1.29 is 4.42 Å². The van der Waals surface area contributed by atoms with Gasteiger partial charge in [-0.15, -0.1) is 0 Å². The zero-order valence-electron chi connectivity index (χ0n) is 23.9. The number of para-hydroxylation sites is 1. The highest BCUT2D eigenvalue weighted by Crippen LogP contribution is 2.40. The second-order valence-electron chi connectivity index (χ2n) is 11.4. The summed E-state index contributed by atoms with van der Waals surface area (Å²) in [6.45, 7) is 0. The predicted octanol–water partition coefficient (Wildman–Crippen LogP) is 12.2. The summed E-state index contributed by atoms with van der Waals surface area (Å²) in [5.41, 5.74) is 7.56. The zero-order chi connectivity index (χ0) is 29.0. The van der Waals surface area contributed by atoms with Gasteiger partial charge in [0.05, 0.1) is 0 Å². The summed E-state index contributed by atoms with van der Waals surface area (Å²) < 4.78 is 6.26. The SMILES string of the molecule is c1ccc(-c2ccc(N(c3ccc4cc5c(cc4c3)oc3ccccc35)c3ccc4c(ccc5ccccc54)c3)cc2)cc1. The van der Waals surface area contributed by atoms with Crippen LogP contribution in [0.1, 0.15) is 0 Å². The van der Waals surface area contributed by atoms with Crippen LogP contribution >= 0.6 is 0 Å². The second kappa shape index (κ2) is 9.86. The number of rotatable bonds is 4. The highest BCUT2D eigenvalue weighted by Gasteiger charge is 2.16. The average Bonchev–Trinajstić information content (AvgIpc) is 3.45. The van der Waals surface area contributed by atoms with Crippen LogP contribution in [0.2, 0.25) is 0 Å². The van der Waals surface area contributed by atoms with E-state index in [2.05, 4.69) is 157 Å². The third-order valence-corrected chi connectivity index (χ3v) is 8.80. The van der Waals surface area contributed by atoms with E-state index in [1.807, 2.05) is 12.1 Å². The summed E-state index contributed by atoms with van der Waals surface area (Å²) in [6.07, 6.45) is 0. The number of fused-ring (bicyclic) bond motifs is 7. The summed E-state index contributed by atoms with van der Waals surface area (Å²) in [5, 5.41) is 9.65. The van der Waals surface area contributed by atoms with E-state index in [9.17, 15) is 0 Å². The van der Waals surface area contributed by atoms with Crippen LogP contribution in [0.5, 0.6) is 0 Å². The van der Waals surface area contributed by atoms with Gasteiger partial charge in [0.2, 0.25) is 0 Å². The van der Waals surface area contributed by atoms with Gasteiger partial charge in [-0.25, -0.2) is 0 Å². The third kappa shape index (κ3) is 4.04. The van der Waals surface area contributed by atoms with Crippen molar-refractivity contribution in [2.75, 3.05) is 4.90 Å². The predicted molar refractivity (Wildman–Crippen MR) is 186 cm³/mol. The maximum absolute atomic E-state index is 6.26. The van der Waals surface area contributed by atoms with Gasteiger partial charge < -0.3 is 9.32 Å².